The van der Waals surface area contributed by atoms with Crippen molar-refractivity contribution in [2.24, 2.45) is 0 Å². The van der Waals surface area contributed by atoms with Gasteiger partial charge in [0.25, 0.3) is 0 Å². The van der Waals surface area contributed by atoms with Crippen LogP contribution in [0.15, 0.2) is 18.2 Å². The van der Waals surface area contributed by atoms with E-state index in [0.717, 1.165) is 43.2 Å². The SMILES string of the molecule is CC1(C)CCC(CNC(=O)NC2CCCc3c(O)cccc32)O1. The molecule has 2 atom stereocenters. The fraction of sp³-hybridized carbons (Fsp3) is 0.611. The summed E-state index contributed by atoms with van der Waals surface area (Å²) in [7, 11) is 0. The molecule has 3 rings (SSSR count). The third-order valence-corrected chi connectivity index (χ3v) is 4.83. The molecule has 0 spiro atoms. The lowest BCUT2D eigenvalue weighted by Crippen LogP contribution is -2.42. The number of benzene rings is 1. The molecule has 0 bridgehead atoms. The second-order valence-corrected chi connectivity index (χ2v) is 7.18. The average Bonchev–Trinajstić information content (AvgIpc) is 2.86. The van der Waals surface area contributed by atoms with E-state index in [0.29, 0.717) is 12.3 Å². The first-order valence-electron chi connectivity index (χ1n) is 8.47. The summed E-state index contributed by atoms with van der Waals surface area (Å²) >= 11 is 0. The molecule has 1 heterocycles. The van der Waals surface area contributed by atoms with E-state index in [1.54, 1.807) is 6.07 Å². The van der Waals surface area contributed by atoms with Gasteiger partial charge in [0.05, 0.1) is 17.7 Å². The van der Waals surface area contributed by atoms with Crippen molar-refractivity contribution < 1.29 is 14.6 Å². The van der Waals surface area contributed by atoms with Crippen molar-refractivity contribution in [3.63, 3.8) is 0 Å². The van der Waals surface area contributed by atoms with Crippen LogP contribution in [0.4, 0.5) is 4.79 Å². The Morgan fingerprint density at radius 2 is 2.22 bits per heavy atom. The maximum Gasteiger partial charge on any atom is 0.315 e. The van der Waals surface area contributed by atoms with Crippen molar-refractivity contribution in [2.75, 3.05) is 6.54 Å². The monoisotopic (exact) mass is 318 g/mol. The second-order valence-electron chi connectivity index (χ2n) is 7.18. The second kappa shape index (κ2) is 6.40. The van der Waals surface area contributed by atoms with Gasteiger partial charge in [-0.25, -0.2) is 4.79 Å². The van der Waals surface area contributed by atoms with E-state index >= 15 is 0 Å². The number of ether oxygens (including phenoxy) is 1. The van der Waals surface area contributed by atoms with Crippen molar-refractivity contribution in [3.05, 3.63) is 29.3 Å². The highest BCUT2D eigenvalue weighted by Crippen LogP contribution is 2.34. The predicted molar refractivity (Wildman–Crippen MR) is 88.5 cm³/mol. The minimum atomic E-state index is -0.167. The van der Waals surface area contributed by atoms with Crippen LogP contribution in [0.3, 0.4) is 0 Å². The van der Waals surface area contributed by atoms with Crippen molar-refractivity contribution in [1.29, 1.82) is 0 Å². The summed E-state index contributed by atoms with van der Waals surface area (Å²) in [6.07, 6.45) is 4.83. The van der Waals surface area contributed by atoms with Gasteiger partial charge < -0.3 is 20.5 Å². The zero-order valence-electron chi connectivity index (χ0n) is 13.9. The molecule has 1 fully saturated rings. The van der Waals surface area contributed by atoms with Gasteiger partial charge in [0.15, 0.2) is 0 Å². The molecule has 1 aliphatic heterocycles. The zero-order chi connectivity index (χ0) is 16.4. The number of nitrogens with one attached hydrogen (secondary N) is 2. The summed E-state index contributed by atoms with van der Waals surface area (Å²) in [5.41, 5.74) is 1.91. The highest BCUT2D eigenvalue weighted by molar-refractivity contribution is 5.74. The Morgan fingerprint density at radius 3 is 2.96 bits per heavy atom. The number of phenolic OH excluding ortho intramolecular Hbond substituents is 1. The molecule has 0 saturated carbocycles. The Bertz CT molecular complexity index is 586. The first-order valence-corrected chi connectivity index (χ1v) is 8.47. The van der Waals surface area contributed by atoms with Crippen LogP contribution in [-0.4, -0.2) is 29.4 Å². The summed E-state index contributed by atoms with van der Waals surface area (Å²) in [6, 6.07) is 5.33. The number of carbonyl (C=O) groups is 1. The minimum absolute atomic E-state index is 0.0354. The molecule has 0 radical (unpaired) electrons. The van der Waals surface area contributed by atoms with E-state index in [2.05, 4.69) is 24.5 Å². The first kappa shape index (κ1) is 16.1. The van der Waals surface area contributed by atoms with Gasteiger partial charge >= 0.3 is 6.03 Å². The molecular formula is C18H26N2O3. The van der Waals surface area contributed by atoms with Crippen LogP contribution in [0, 0.1) is 0 Å². The highest BCUT2D eigenvalue weighted by Gasteiger charge is 2.32. The van der Waals surface area contributed by atoms with E-state index in [4.69, 9.17) is 4.74 Å². The lowest BCUT2D eigenvalue weighted by atomic mass is 9.87. The van der Waals surface area contributed by atoms with Crippen molar-refractivity contribution >= 4 is 6.03 Å². The molecule has 0 aromatic heterocycles. The van der Waals surface area contributed by atoms with Gasteiger partial charge in [-0.3, -0.25) is 0 Å². The van der Waals surface area contributed by atoms with Crippen LogP contribution in [0.1, 0.15) is 56.7 Å². The van der Waals surface area contributed by atoms with Crippen LogP contribution in [0.2, 0.25) is 0 Å². The average molecular weight is 318 g/mol. The lowest BCUT2D eigenvalue weighted by molar-refractivity contribution is -0.0132. The zero-order valence-corrected chi connectivity index (χ0v) is 13.9. The Morgan fingerprint density at radius 1 is 1.39 bits per heavy atom. The predicted octanol–water partition coefficient (Wildman–Crippen LogP) is 3.03. The Hall–Kier alpha value is -1.75. The number of rotatable bonds is 3. The van der Waals surface area contributed by atoms with Crippen LogP contribution < -0.4 is 10.6 Å². The number of aromatic hydroxyl groups is 1. The molecule has 5 heteroatoms. The van der Waals surface area contributed by atoms with E-state index < -0.39 is 0 Å². The summed E-state index contributed by atoms with van der Waals surface area (Å²) in [6.45, 7) is 4.70. The summed E-state index contributed by atoms with van der Waals surface area (Å²) < 4.78 is 5.89. The first-order chi connectivity index (χ1) is 10.9. The van der Waals surface area contributed by atoms with Crippen molar-refractivity contribution in [2.45, 2.75) is 63.7 Å². The molecule has 23 heavy (non-hydrogen) atoms. The van der Waals surface area contributed by atoms with Gasteiger partial charge in [-0.1, -0.05) is 12.1 Å². The molecule has 1 saturated heterocycles. The fourth-order valence-electron chi connectivity index (χ4n) is 3.62. The Kier molecular flexibility index (Phi) is 4.48. The minimum Gasteiger partial charge on any atom is -0.508 e. The van der Waals surface area contributed by atoms with Crippen LogP contribution >= 0.6 is 0 Å². The Labute approximate surface area is 137 Å². The fourth-order valence-corrected chi connectivity index (χ4v) is 3.62. The van der Waals surface area contributed by atoms with Gasteiger partial charge in [-0.15, -0.1) is 0 Å². The summed E-state index contributed by atoms with van der Waals surface area (Å²) in [5.74, 6) is 0.330. The third kappa shape index (κ3) is 3.78. The molecule has 2 unspecified atom stereocenters. The lowest BCUT2D eigenvalue weighted by Gasteiger charge is -2.27. The van der Waals surface area contributed by atoms with E-state index in [1.165, 1.54) is 0 Å². The smallest absolute Gasteiger partial charge is 0.315 e. The largest absolute Gasteiger partial charge is 0.508 e. The molecule has 1 aromatic carbocycles. The van der Waals surface area contributed by atoms with Gasteiger partial charge in [-0.2, -0.15) is 0 Å². The summed E-state index contributed by atoms with van der Waals surface area (Å²) in [4.78, 5) is 12.2. The summed E-state index contributed by atoms with van der Waals surface area (Å²) in [5, 5.41) is 15.9. The van der Waals surface area contributed by atoms with Gasteiger partial charge in [0.2, 0.25) is 0 Å². The number of urea groups is 1. The molecule has 3 N–H and O–H groups in total. The van der Waals surface area contributed by atoms with E-state index in [9.17, 15) is 9.90 Å². The topological polar surface area (TPSA) is 70.6 Å². The van der Waals surface area contributed by atoms with E-state index in [1.807, 2.05) is 12.1 Å². The maximum absolute atomic E-state index is 12.2. The molecule has 1 aromatic rings. The van der Waals surface area contributed by atoms with Gasteiger partial charge in [-0.05, 0) is 63.1 Å². The van der Waals surface area contributed by atoms with Gasteiger partial charge in [0, 0.05) is 6.54 Å². The number of hydrogen-bond donors (Lipinski definition) is 3. The molecule has 2 amide bonds. The number of fused-ring (bicyclic) bond motifs is 1. The molecular weight excluding hydrogens is 292 g/mol. The number of carbonyl (C=O) groups excluding carboxylic acids is 1. The molecule has 5 nitrogen and oxygen atoms in total. The number of phenols is 1. The molecule has 1 aliphatic carbocycles. The quantitative estimate of drug-likeness (QED) is 0.802. The Balaban J connectivity index is 1.54. The van der Waals surface area contributed by atoms with Crippen LogP contribution in [-0.2, 0) is 11.2 Å². The highest BCUT2D eigenvalue weighted by atomic mass is 16.5. The molecule has 2 aliphatic rings. The van der Waals surface area contributed by atoms with E-state index in [-0.39, 0.29) is 23.8 Å². The molecule has 126 valence electrons. The van der Waals surface area contributed by atoms with Crippen LogP contribution in [0.25, 0.3) is 0 Å². The standard InChI is InChI=1S/C18H26N2O3/c1-18(2)10-9-12(23-18)11-19-17(22)20-15-7-3-6-14-13(15)5-4-8-16(14)21/h4-5,8,12,15,21H,3,6-7,9-11H2,1-2H3,(H2,19,20,22). The maximum atomic E-state index is 12.2. The van der Waals surface area contributed by atoms with Crippen molar-refractivity contribution in [1.82, 2.24) is 10.6 Å². The number of amides is 2. The normalized spacial score (nSPS) is 25.7. The van der Waals surface area contributed by atoms with Crippen LogP contribution in [0.5, 0.6) is 5.75 Å². The van der Waals surface area contributed by atoms with Crippen molar-refractivity contribution in [3.8, 4) is 5.75 Å². The number of hydrogen-bond acceptors (Lipinski definition) is 3. The third-order valence-electron chi connectivity index (χ3n) is 4.83. The van der Waals surface area contributed by atoms with Gasteiger partial charge in [0.1, 0.15) is 5.75 Å².